The van der Waals surface area contributed by atoms with Gasteiger partial charge in [-0.25, -0.2) is 8.42 Å². The highest BCUT2D eigenvalue weighted by molar-refractivity contribution is 7.89. The zero-order valence-electron chi connectivity index (χ0n) is 18.5. The summed E-state index contributed by atoms with van der Waals surface area (Å²) in [7, 11) is -3.72. The number of rotatable bonds is 8. The topological polar surface area (TPSA) is 99.9 Å². The summed E-state index contributed by atoms with van der Waals surface area (Å²) in [5.74, 6) is -0.344. The van der Waals surface area contributed by atoms with Crippen molar-refractivity contribution in [3.63, 3.8) is 0 Å². The first kappa shape index (κ1) is 22.2. The predicted molar refractivity (Wildman–Crippen MR) is 121 cm³/mol. The number of amides is 2. The van der Waals surface area contributed by atoms with Gasteiger partial charge in [0.1, 0.15) is 0 Å². The van der Waals surface area contributed by atoms with E-state index in [9.17, 15) is 18.0 Å². The second-order valence-corrected chi connectivity index (χ2v) is 11.1. The lowest BCUT2D eigenvalue weighted by atomic mass is 10.1. The molecular weight excluding hydrogens is 442 g/mol. The maximum Gasteiger partial charge on any atom is 0.290 e. The molecule has 0 radical (unpaired) electrons. The summed E-state index contributed by atoms with van der Waals surface area (Å²) < 4.78 is 32.7. The summed E-state index contributed by atoms with van der Waals surface area (Å²) in [6, 6.07) is 10.5. The second-order valence-electron chi connectivity index (χ2n) is 9.19. The minimum atomic E-state index is -3.72. The average Bonchev–Trinajstić information content (AvgIpc) is 3.77. The number of carbonyl (C=O) groups is 2. The van der Waals surface area contributed by atoms with E-state index in [2.05, 4.69) is 5.32 Å². The van der Waals surface area contributed by atoms with Gasteiger partial charge in [-0.15, -0.1) is 0 Å². The number of nitrogens with zero attached hydrogens (tertiary/aromatic N) is 2. The number of furan rings is 1. The van der Waals surface area contributed by atoms with Gasteiger partial charge in [-0.1, -0.05) is 18.6 Å². The standard InChI is InChI=1S/C24H29N3O5S/c28-23(25-19-8-9-19)18-6-4-17(5-7-18)16-27(20-10-11-20)24(29)21-12-13-22(32-21)33(30,31)26-14-2-1-3-15-26/h4-7,12-13,19-20H,1-3,8-11,14-16H2,(H,25,28). The summed E-state index contributed by atoms with van der Waals surface area (Å²) in [5, 5.41) is 2.80. The van der Waals surface area contributed by atoms with E-state index >= 15 is 0 Å². The molecule has 2 heterocycles. The van der Waals surface area contributed by atoms with Gasteiger partial charge < -0.3 is 14.6 Å². The molecule has 9 heteroatoms. The van der Waals surface area contributed by atoms with Gasteiger partial charge in [-0.05, 0) is 68.4 Å². The predicted octanol–water partition coefficient (Wildman–Crippen LogP) is 3.15. The van der Waals surface area contributed by atoms with Crippen LogP contribution in [0.2, 0.25) is 0 Å². The Labute approximate surface area is 194 Å². The number of carbonyl (C=O) groups excluding carboxylic acids is 2. The molecule has 0 atom stereocenters. The molecule has 2 amide bonds. The quantitative estimate of drug-likeness (QED) is 0.638. The van der Waals surface area contributed by atoms with Crippen LogP contribution in [0.4, 0.5) is 0 Å². The summed E-state index contributed by atoms with van der Waals surface area (Å²) in [6.45, 7) is 1.34. The Morgan fingerprint density at radius 1 is 0.970 bits per heavy atom. The Hall–Kier alpha value is -2.65. The molecular formula is C24H29N3O5S. The van der Waals surface area contributed by atoms with Gasteiger partial charge in [-0.2, -0.15) is 4.31 Å². The van der Waals surface area contributed by atoms with E-state index < -0.39 is 10.0 Å². The maximum atomic E-state index is 13.2. The second kappa shape index (κ2) is 8.95. The van der Waals surface area contributed by atoms with Crippen LogP contribution < -0.4 is 5.32 Å². The molecule has 176 valence electrons. The third-order valence-electron chi connectivity index (χ3n) is 6.43. The Morgan fingerprint density at radius 3 is 2.30 bits per heavy atom. The van der Waals surface area contributed by atoms with Gasteiger partial charge >= 0.3 is 0 Å². The minimum Gasteiger partial charge on any atom is -0.438 e. The van der Waals surface area contributed by atoms with Crippen molar-refractivity contribution in [2.24, 2.45) is 0 Å². The molecule has 2 aliphatic carbocycles. The zero-order chi connectivity index (χ0) is 23.0. The SMILES string of the molecule is O=C(NC1CC1)c1ccc(CN(C(=O)c2ccc(S(=O)(=O)N3CCCCC3)o2)C2CC2)cc1. The number of sulfonamides is 1. The highest BCUT2D eigenvalue weighted by atomic mass is 32.2. The number of nitrogens with one attached hydrogen (secondary N) is 1. The molecule has 1 aromatic carbocycles. The number of hydrogen-bond donors (Lipinski definition) is 1. The molecule has 1 saturated heterocycles. The fraction of sp³-hybridized carbons (Fsp3) is 0.500. The molecule has 33 heavy (non-hydrogen) atoms. The number of piperidine rings is 1. The first-order valence-corrected chi connectivity index (χ1v) is 13.2. The van der Waals surface area contributed by atoms with Crippen LogP contribution >= 0.6 is 0 Å². The monoisotopic (exact) mass is 471 g/mol. The van der Waals surface area contributed by atoms with Crippen molar-refractivity contribution in [3.8, 4) is 0 Å². The van der Waals surface area contributed by atoms with Gasteiger partial charge in [0.2, 0.25) is 5.09 Å². The van der Waals surface area contributed by atoms with Crippen molar-refractivity contribution in [2.75, 3.05) is 13.1 Å². The fourth-order valence-corrected chi connectivity index (χ4v) is 5.58. The van der Waals surface area contributed by atoms with E-state index in [4.69, 9.17) is 4.42 Å². The smallest absolute Gasteiger partial charge is 0.290 e. The van der Waals surface area contributed by atoms with Gasteiger partial charge in [0.25, 0.3) is 21.8 Å². The molecule has 3 aliphatic rings. The minimum absolute atomic E-state index is 0.0397. The molecule has 2 saturated carbocycles. The molecule has 5 rings (SSSR count). The number of benzene rings is 1. The van der Waals surface area contributed by atoms with E-state index in [-0.39, 0.29) is 28.7 Å². The molecule has 1 N–H and O–H groups in total. The van der Waals surface area contributed by atoms with E-state index in [1.165, 1.54) is 16.4 Å². The first-order chi connectivity index (χ1) is 15.9. The zero-order valence-corrected chi connectivity index (χ0v) is 19.4. The van der Waals surface area contributed by atoms with Crippen LogP contribution in [0.1, 0.15) is 71.4 Å². The summed E-state index contributed by atoms with van der Waals surface area (Å²) in [5.41, 5.74) is 1.51. The summed E-state index contributed by atoms with van der Waals surface area (Å²) >= 11 is 0. The van der Waals surface area contributed by atoms with Crippen molar-refractivity contribution in [2.45, 2.75) is 68.7 Å². The molecule has 0 bridgehead atoms. The Morgan fingerprint density at radius 2 is 1.67 bits per heavy atom. The lowest BCUT2D eigenvalue weighted by Gasteiger charge is -2.24. The van der Waals surface area contributed by atoms with E-state index in [1.54, 1.807) is 17.0 Å². The fourth-order valence-electron chi connectivity index (χ4n) is 4.16. The van der Waals surface area contributed by atoms with Crippen LogP contribution in [0.15, 0.2) is 45.9 Å². The Bertz CT molecular complexity index is 1130. The van der Waals surface area contributed by atoms with Gasteiger partial charge in [-0.3, -0.25) is 9.59 Å². The molecule has 0 unspecified atom stereocenters. The molecule has 1 aliphatic heterocycles. The van der Waals surface area contributed by atoms with Crippen molar-refractivity contribution in [3.05, 3.63) is 53.3 Å². The first-order valence-electron chi connectivity index (χ1n) is 11.7. The normalized spacial score (nSPS) is 19.3. The summed E-state index contributed by atoms with van der Waals surface area (Å²) in [6.07, 6.45) is 6.59. The van der Waals surface area contributed by atoms with E-state index in [0.717, 1.165) is 50.5 Å². The van der Waals surface area contributed by atoms with Crippen molar-refractivity contribution in [1.29, 1.82) is 0 Å². The third-order valence-corrected chi connectivity index (χ3v) is 8.20. The molecule has 0 spiro atoms. The lowest BCUT2D eigenvalue weighted by molar-refractivity contribution is 0.0691. The van der Waals surface area contributed by atoms with Crippen LogP contribution in [-0.4, -0.2) is 54.6 Å². The largest absolute Gasteiger partial charge is 0.438 e. The van der Waals surface area contributed by atoms with Gasteiger partial charge in [0, 0.05) is 37.3 Å². The number of hydrogen-bond acceptors (Lipinski definition) is 5. The molecule has 8 nitrogen and oxygen atoms in total. The Kier molecular flexibility index (Phi) is 6.01. The van der Waals surface area contributed by atoms with Crippen LogP contribution in [-0.2, 0) is 16.6 Å². The van der Waals surface area contributed by atoms with Crippen LogP contribution in [0.25, 0.3) is 0 Å². The van der Waals surface area contributed by atoms with Crippen LogP contribution in [0.3, 0.4) is 0 Å². The average molecular weight is 472 g/mol. The maximum absolute atomic E-state index is 13.2. The summed E-state index contributed by atoms with van der Waals surface area (Å²) in [4.78, 5) is 27.1. The van der Waals surface area contributed by atoms with Gasteiger partial charge in [0.15, 0.2) is 5.76 Å². The van der Waals surface area contributed by atoms with Crippen LogP contribution in [0.5, 0.6) is 0 Å². The van der Waals surface area contributed by atoms with Crippen LogP contribution in [0, 0.1) is 0 Å². The lowest BCUT2D eigenvalue weighted by Crippen LogP contribution is -2.35. The van der Waals surface area contributed by atoms with Crippen molar-refractivity contribution < 1.29 is 22.4 Å². The molecule has 2 aromatic rings. The molecule has 1 aromatic heterocycles. The highest BCUT2D eigenvalue weighted by Gasteiger charge is 2.36. The van der Waals surface area contributed by atoms with E-state index in [1.807, 2.05) is 12.1 Å². The Balaban J connectivity index is 1.28. The van der Waals surface area contributed by atoms with Crippen molar-refractivity contribution in [1.82, 2.24) is 14.5 Å². The van der Waals surface area contributed by atoms with Gasteiger partial charge in [0.05, 0.1) is 0 Å². The van der Waals surface area contributed by atoms with Crippen molar-refractivity contribution >= 4 is 21.8 Å². The highest BCUT2D eigenvalue weighted by Crippen LogP contribution is 2.31. The third kappa shape index (κ3) is 4.99. The molecule has 3 fully saturated rings. The van der Waals surface area contributed by atoms with E-state index in [0.29, 0.717) is 31.2 Å².